The van der Waals surface area contributed by atoms with E-state index in [0.717, 1.165) is 0 Å². The molecule has 4 heterocycles. The van der Waals surface area contributed by atoms with Crippen LogP contribution in [-0.4, -0.2) is 49.2 Å². The van der Waals surface area contributed by atoms with Crippen molar-refractivity contribution in [2.75, 3.05) is 26.1 Å². The van der Waals surface area contributed by atoms with Crippen molar-refractivity contribution in [1.82, 2.24) is 4.90 Å². The van der Waals surface area contributed by atoms with Crippen molar-refractivity contribution in [2.45, 2.75) is 18.2 Å². The summed E-state index contributed by atoms with van der Waals surface area (Å²) in [6.45, 7) is 0.758. The maximum absolute atomic E-state index is 13.2. The fourth-order valence-electron chi connectivity index (χ4n) is 4.71. The van der Waals surface area contributed by atoms with Gasteiger partial charge in [-0.2, -0.15) is 0 Å². The third-order valence-electron chi connectivity index (χ3n) is 6.03. The highest BCUT2D eigenvalue weighted by molar-refractivity contribution is 5.99. The molecule has 0 aliphatic carbocycles. The van der Waals surface area contributed by atoms with Gasteiger partial charge in [-0.25, -0.2) is 0 Å². The molecule has 2 unspecified atom stereocenters. The summed E-state index contributed by atoms with van der Waals surface area (Å²) in [4.78, 5) is 28.1. The summed E-state index contributed by atoms with van der Waals surface area (Å²) in [6, 6.07) is 8.75. The number of anilines is 1. The Morgan fingerprint density at radius 1 is 1.27 bits per heavy atom. The number of ether oxygens (including phenoxy) is 3. The minimum Gasteiger partial charge on any atom is -0.497 e. The molecule has 30 heavy (non-hydrogen) atoms. The highest BCUT2D eigenvalue weighted by atomic mass is 16.5. The summed E-state index contributed by atoms with van der Waals surface area (Å²) in [5.74, 6) is 0.291. The molecule has 156 valence electrons. The molecule has 1 spiro atoms. The number of methoxy groups -OCH3 is 2. The fourth-order valence-corrected chi connectivity index (χ4v) is 4.71. The predicted molar refractivity (Wildman–Crippen MR) is 106 cm³/mol. The first-order valence-electron chi connectivity index (χ1n) is 9.75. The van der Waals surface area contributed by atoms with Crippen molar-refractivity contribution in [3.05, 3.63) is 54.5 Å². The van der Waals surface area contributed by atoms with Crippen molar-refractivity contribution in [1.29, 1.82) is 0 Å². The SMILES string of the molecule is COc1cc(NC(=O)C2C3C(=O)N(Cc4ccco4)C[C@]34C=C[C@H]2O4)cc(OC)c1. The van der Waals surface area contributed by atoms with Gasteiger partial charge in [0.25, 0.3) is 0 Å². The molecule has 2 saturated heterocycles. The summed E-state index contributed by atoms with van der Waals surface area (Å²) >= 11 is 0. The van der Waals surface area contributed by atoms with Crippen LogP contribution >= 0.6 is 0 Å². The van der Waals surface area contributed by atoms with E-state index in [1.165, 1.54) is 0 Å². The number of hydrogen-bond donors (Lipinski definition) is 1. The normalized spacial score (nSPS) is 28.7. The quantitative estimate of drug-likeness (QED) is 0.735. The van der Waals surface area contributed by atoms with Crippen LogP contribution < -0.4 is 14.8 Å². The van der Waals surface area contributed by atoms with Gasteiger partial charge in [0.15, 0.2) is 0 Å². The van der Waals surface area contributed by atoms with Gasteiger partial charge in [0.05, 0.1) is 51.5 Å². The lowest BCUT2D eigenvalue weighted by Gasteiger charge is -2.23. The minimum atomic E-state index is -0.761. The van der Waals surface area contributed by atoms with Crippen LogP contribution in [0.15, 0.2) is 53.2 Å². The van der Waals surface area contributed by atoms with Crippen LogP contribution in [-0.2, 0) is 20.9 Å². The van der Waals surface area contributed by atoms with Gasteiger partial charge in [-0.05, 0) is 12.1 Å². The number of nitrogens with one attached hydrogen (secondary N) is 1. The summed E-state index contributed by atoms with van der Waals surface area (Å²) in [7, 11) is 3.09. The molecule has 0 saturated carbocycles. The first-order chi connectivity index (χ1) is 14.5. The minimum absolute atomic E-state index is 0.0957. The van der Waals surface area contributed by atoms with Gasteiger partial charge in [0.2, 0.25) is 11.8 Å². The molecule has 4 atom stereocenters. The van der Waals surface area contributed by atoms with E-state index >= 15 is 0 Å². The van der Waals surface area contributed by atoms with Crippen LogP contribution in [0.4, 0.5) is 5.69 Å². The van der Waals surface area contributed by atoms with Crippen LogP contribution in [0.2, 0.25) is 0 Å². The van der Waals surface area contributed by atoms with Gasteiger partial charge >= 0.3 is 0 Å². The van der Waals surface area contributed by atoms with Crippen molar-refractivity contribution in [3.8, 4) is 11.5 Å². The number of carbonyl (C=O) groups excluding carboxylic acids is 2. The molecular weight excluding hydrogens is 388 g/mol. The average Bonchev–Trinajstić information content (AvgIpc) is 3.51. The van der Waals surface area contributed by atoms with E-state index in [1.807, 2.05) is 18.2 Å². The molecule has 0 radical (unpaired) electrons. The van der Waals surface area contributed by atoms with E-state index in [1.54, 1.807) is 49.6 Å². The van der Waals surface area contributed by atoms with Gasteiger partial charge in [-0.3, -0.25) is 9.59 Å². The number of hydrogen-bond acceptors (Lipinski definition) is 6. The van der Waals surface area contributed by atoms with E-state index in [0.29, 0.717) is 36.0 Å². The topological polar surface area (TPSA) is 90.2 Å². The second-order valence-corrected chi connectivity index (χ2v) is 7.76. The van der Waals surface area contributed by atoms with Gasteiger partial charge in [-0.1, -0.05) is 12.2 Å². The Kier molecular flexibility index (Phi) is 4.32. The Balaban J connectivity index is 1.38. The standard InChI is InChI=1S/C22H22N2O6/c1-27-15-8-13(9-16(10-15)28-2)23-20(25)18-17-5-6-22(30-17)12-24(21(26)19(18)22)11-14-4-3-7-29-14/h3-10,17-19H,11-12H2,1-2H3,(H,23,25)/t17-,18?,19?,22-/m1/s1. The first-order valence-corrected chi connectivity index (χ1v) is 9.75. The third-order valence-corrected chi connectivity index (χ3v) is 6.03. The molecule has 1 aromatic carbocycles. The second-order valence-electron chi connectivity index (χ2n) is 7.76. The van der Waals surface area contributed by atoms with Crippen LogP contribution in [0, 0.1) is 11.8 Å². The zero-order chi connectivity index (χ0) is 20.9. The van der Waals surface area contributed by atoms with Crippen LogP contribution in [0.3, 0.4) is 0 Å². The zero-order valence-electron chi connectivity index (χ0n) is 16.7. The van der Waals surface area contributed by atoms with E-state index in [2.05, 4.69) is 5.32 Å². The molecular formula is C22H22N2O6. The molecule has 8 nitrogen and oxygen atoms in total. The van der Waals surface area contributed by atoms with Crippen molar-refractivity contribution in [2.24, 2.45) is 11.8 Å². The number of carbonyl (C=O) groups is 2. The van der Waals surface area contributed by atoms with E-state index < -0.39 is 23.5 Å². The Bertz CT molecular complexity index is 994. The molecule has 1 aromatic heterocycles. The molecule has 3 aliphatic rings. The number of benzene rings is 1. The molecule has 5 rings (SSSR count). The Morgan fingerprint density at radius 2 is 2.03 bits per heavy atom. The molecule has 8 heteroatoms. The Morgan fingerprint density at radius 3 is 2.70 bits per heavy atom. The van der Waals surface area contributed by atoms with Crippen molar-refractivity contribution < 1.29 is 28.2 Å². The summed E-state index contributed by atoms with van der Waals surface area (Å²) < 4.78 is 22.1. The lowest BCUT2D eigenvalue weighted by Crippen LogP contribution is -2.41. The highest BCUT2D eigenvalue weighted by Crippen LogP contribution is 2.52. The molecule has 3 aliphatic heterocycles. The number of nitrogens with zero attached hydrogens (tertiary/aromatic N) is 1. The van der Waals surface area contributed by atoms with Gasteiger partial charge in [0.1, 0.15) is 22.9 Å². The van der Waals surface area contributed by atoms with Crippen LogP contribution in [0.25, 0.3) is 0 Å². The fraction of sp³-hybridized carbons (Fsp3) is 0.364. The van der Waals surface area contributed by atoms with Crippen molar-refractivity contribution in [3.63, 3.8) is 0 Å². The number of fused-ring (bicyclic) bond motifs is 1. The third kappa shape index (κ3) is 2.87. The summed E-state index contributed by atoms with van der Waals surface area (Å²) in [5, 5.41) is 2.91. The zero-order valence-corrected chi connectivity index (χ0v) is 16.7. The smallest absolute Gasteiger partial charge is 0.231 e. The predicted octanol–water partition coefficient (Wildman–Crippen LogP) is 2.22. The molecule has 2 aromatic rings. The Hall–Kier alpha value is -3.26. The van der Waals surface area contributed by atoms with Gasteiger partial charge in [0, 0.05) is 23.9 Å². The monoisotopic (exact) mass is 410 g/mol. The Labute approximate surface area is 173 Å². The largest absolute Gasteiger partial charge is 0.497 e. The number of rotatable bonds is 6. The maximum Gasteiger partial charge on any atom is 0.231 e. The number of likely N-dealkylation sites (tertiary alicyclic amines) is 1. The number of amides is 2. The lowest BCUT2D eigenvalue weighted by atomic mass is 9.77. The maximum atomic E-state index is 13.2. The molecule has 2 bridgehead atoms. The summed E-state index contributed by atoms with van der Waals surface area (Å²) in [5.41, 5.74) is -0.225. The lowest BCUT2D eigenvalue weighted by molar-refractivity contribution is -0.136. The molecule has 2 amide bonds. The highest BCUT2D eigenvalue weighted by Gasteiger charge is 2.66. The number of furan rings is 1. The van der Waals surface area contributed by atoms with Gasteiger partial charge in [-0.15, -0.1) is 0 Å². The average molecular weight is 410 g/mol. The molecule has 2 fully saturated rings. The summed E-state index contributed by atoms with van der Waals surface area (Å²) in [6.07, 6.45) is 4.98. The van der Waals surface area contributed by atoms with E-state index in [-0.39, 0.29) is 11.8 Å². The van der Waals surface area contributed by atoms with Gasteiger partial charge < -0.3 is 28.8 Å². The van der Waals surface area contributed by atoms with Crippen LogP contribution in [0.5, 0.6) is 11.5 Å². The van der Waals surface area contributed by atoms with E-state index in [4.69, 9.17) is 18.6 Å². The van der Waals surface area contributed by atoms with Crippen LogP contribution in [0.1, 0.15) is 5.76 Å². The van der Waals surface area contributed by atoms with Crippen molar-refractivity contribution >= 4 is 17.5 Å². The second kappa shape index (κ2) is 6.91. The van der Waals surface area contributed by atoms with E-state index in [9.17, 15) is 9.59 Å². The first kappa shape index (κ1) is 18.7. The molecule has 1 N–H and O–H groups in total.